The third-order valence-electron chi connectivity index (χ3n) is 10.6. The number of hydrogen-bond acceptors (Lipinski definition) is 5. The van der Waals surface area contributed by atoms with Crippen LogP contribution in [0.1, 0.15) is 78.6 Å². The zero-order valence-corrected chi connectivity index (χ0v) is 19.3. The third-order valence-corrected chi connectivity index (χ3v) is 10.6. The van der Waals surface area contributed by atoms with Crippen molar-refractivity contribution in [1.82, 2.24) is 0 Å². The number of carbonyl (C=O) groups excluding carboxylic acids is 1. The van der Waals surface area contributed by atoms with Gasteiger partial charge in [0.2, 0.25) is 0 Å². The van der Waals surface area contributed by atoms with Gasteiger partial charge in [-0.3, -0.25) is 4.79 Å². The highest BCUT2D eigenvalue weighted by atomic mass is 16.5. The van der Waals surface area contributed by atoms with E-state index in [1.807, 2.05) is 0 Å². The van der Waals surface area contributed by atoms with Crippen LogP contribution < -0.4 is 5.73 Å². The van der Waals surface area contributed by atoms with Gasteiger partial charge in [-0.05, 0) is 97.7 Å². The average molecular weight is 422 g/mol. The van der Waals surface area contributed by atoms with Crippen LogP contribution in [-0.4, -0.2) is 41.5 Å². The van der Waals surface area contributed by atoms with Gasteiger partial charge in [0.15, 0.2) is 0 Å². The summed E-state index contributed by atoms with van der Waals surface area (Å²) in [6, 6.07) is 0.261. The molecule has 4 aliphatic carbocycles. The van der Waals surface area contributed by atoms with Crippen molar-refractivity contribution in [2.75, 3.05) is 7.11 Å². The summed E-state index contributed by atoms with van der Waals surface area (Å²) in [7, 11) is 1.45. The highest BCUT2D eigenvalue weighted by molar-refractivity contribution is 5.69. The molecule has 4 rings (SSSR count). The minimum atomic E-state index is -0.338. The largest absolute Gasteiger partial charge is 0.469 e. The van der Waals surface area contributed by atoms with Crippen LogP contribution in [0.5, 0.6) is 0 Å². The summed E-state index contributed by atoms with van der Waals surface area (Å²) in [5.41, 5.74) is 6.31. The molecule has 172 valence electrons. The van der Waals surface area contributed by atoms with Crippen molar-refractivity contribution in [2.45, 2.75) is 96.8 Å². The lowest BCUT2D eigenvalue weighted by Crippen LogP contribution is -2.62. The van der Waals surface area contributed by atoms with E-state index in [1.165, 1.54) is 7.11 Å². The number of ether oxygens (including phenoxy) is 1. The van der Waals surface area contributed by atoms with Gasteiger partial charge < -0.3 is 20.7 Å². The summed E-state index contributed by atoms with van der Waals surface area (Å²) in [6.45, 7) is 6.94. The summed E-state index contributed by atoms with van der Waals surface area (Å²) in [4.78, 5) is 11.7. The van der Waals surface area contributed by atoms with Crippen LogP contribution in [0.15, 0.2) is 0 Å². The second-order valence-electron chi connectivity index (χ2n) is 11.7. The van der Waals surface area contributed by atoms with Gasteiger partial charge in [0.25, 0.3) is 0 Å². The van der Waals surface area contributed by atoms with Crippen molar-refractivity contribution >= 4 is 5.97 Å². The Morgan fingerprint density at radius 1 is 1.13 bits per heavy atom. The molecule has 0 aliphatic heterocycles. The molecule has 0 amide bonds. The van der Waals surface area contributed by atoms with Gasteiger partial charge in [0, 0.05) is 12.5 Å². The third kappa shape index (κ3) is 3.34. The Hall–Kier alpha value is -0.650. The van der Waals surface area contributed by atoms with Crippen LogP contribution >= 0.6 is 0 Å². The average Bonchev–Trinajstić information content (AvgIpc) is 3.06. The number of nitrogens with two attached hydrogens (primary N) is 1. The quantitative estimate of drug-likeness (QED) is 0.604. The van der Waals surface area contributed by atoms with Crippen LogP contribution in [0, 0.1) is 46.3 Å². The Balaban J connectivity index is 1.58. The number of methoxy groups -OCH3 is 1. The van der Waals surface area contributed by atoms with Crippen molar-refractivity contribution in [3.05, 3.63) is 0 Å². The van der Waals surface area contributed by atoms with Gasteiger partial charge in [0.05, 0.1) is 19.3 Å². The molecule has 0 aromatic rings. The number of hydrogen-bond donors (Lipinski definition) is 3. The lowest BCUT2D eigenvalue weighted by atomic mass is 9.43. The number of aliphatic hydroxyl groups excluding tert-OH is 2. The SMILES string of the molecule is COC(=O)CCC(C)[C@H]1CC[C@H]2[C@@H]3[C@H](O)C[C@@H]4C[C@@H](N)CC[C@]4(C)[C@H]3C[C@H](O)[C@]12C. The smallest absolute Gasteiger partial charge is 0.305 e. The monoisotopic (exact) mass is 421 g/mol. The van der Waals surface area contributed by atoms with Gasteiger partial charge in [-0.15, -0.1) is 0 Å². The lowest BCUT2D eigenvalue weighted by molar-refractivity contribution is -0.202. The molecule has 1 unspecified atom stereocenters. The summed E-state index contributed by atoms with van der Waals surface area (Å²) in [5.74, 6) is 2.11. The van der Waals surface area contributed by atoms with Gasteiger partial charge in [-0.1, -0.05) is 20.8 Å². The summed E-state index contributed by atoms with van der Waals surface area (Å²) in [6.07, 6.45) is 7.69. The molecule has 0 heterocycles. The fourth-order valence-electron chi connectivity index (χ4n) is 8.84. The molecule has 4 saturated carbocycles. The molecule has 0 aromatic carbocycles. The van der Waals surface area contributed by atoms with Crippen molar-refractivity contribution < 1.29 is 19.7 Å². The maximum atomic E-state index is 11.7. The van der Waals surface area contributed by atoms with Crippen LogP contribution in [0.4, 0.5) is 0 Å². The molecule has 4 aliphatic rings. The zero-order valence-electron chi connectivity index (χ0n) is 19.3. The minimum Gasteiger partial charge on any atom is -0.469 e. The molecule has 5 heteroatoms. The first-order valence-electron chi connectivity index (χ1n) is 12.3. The molecule has 0 spiro atoms. The van der Waals surface area contributed by atoms with E-state index in [2.05, 4.69) is 20.8 Å². The summed E-state index contributed by atoms with van der Waals surface area (Å²) < 4.78 is 4.84. The van der Waals surface area contributed by atoms with Crippen molar-refractivity contribution in [3.8, 4) is 0 Å². The molecule has 4 fully saturated rings. The normalized spacial score (nSPS) is 51.4. The molecule has 0 radical (unpaired) electrons. The van der Waals surface area contributed by atoms with Gasteiger partial charge >= 0.3 is 5.97 Å². The number of fused-ring (bicyclic) bond motifs is 5. The minimum absolute atomic E-state index is 0.150. The Bertz CT molecular complexity index is 655. The maximum Gasteiger partial charge on any atom is 0.305 e. The molecular formula is C25H43NO4. The van der Waals surface area contributed by atoms with Gasteiger partial charge in [-0.25, -0.2) is 0 Å². The van der Waals surface area contributed by atoms with E-state index in [9.17, 15) is 15.0 Å². The molecule has 4 N–H and O–H groups in total. The molecule has 0 bridgehead atoms. The molecule has 5 nitrogen and oxygen atoms in total. The Morgan fingerprint density at radius 2 is 1.87 bits per heavy atom. The molecule has 0 saturated heterocycles. The Labute approximate surface area is 182 Å². The standard InChI is InChI=1S/C25H43NO4/c1-14(5-8-22(29)30-4)17-6-7-18-23-19(13-21(28)25(17,18)3)24(2)10-9-16(26)11-15(24)12-20(23)27/h14-21,23,27-28H,5-13,26H2,1-4H3/t14?,15-,16-,17+,18-,19-,20+,21-,23-,24-,25+/m0/s1. The van der Waals surface area contributed by atoms with Crippen LogP contribution in [0.3, 0.4) is 0 Å². The second kappa shape index (κ2) is 8.04. The first-order chi connectivity index (χ1) is 14.1. The van der Waals surface area contributed by atoms with Crippen LogP contribution in [-0.2, 0) is 9.53 Å². The number of aliphatic hydroxyl groups is 2. The number of rotatable bonds is 4. The highest BCUT2D eigenvalue weighted by Crippen LogP contribution is 2.68. The van der Waals surface area contributed by atoms with Crippen molar-refractivity contribution in [3.63, 3.8) is 0 Å². The van der Waals surface area contributed by atoms with Crippen molar-refractivity contribution in [1.29, 1.82) is 0 Å². The zero-order chi connectivity index (χ0) is 21.8. The van der Waals surface area contributed by atoms with Crippen LogP contribution in [0.2, 0.25) is 0 Å². The number of carbonyl (C=O) groups is 1. The Kier molecular flexibility index (Phi) is 6.04. The van der Waals surface area contributed by atoms with Gasteiger partial charge in [-0.2, -0.15) is 0 Å². The molecular weight excluding hydrogens is 378 g/mol. The van der Waals surface area contributed by atoms with Gasteiger partial charge in [0.1, 0.15) is 0 Å². The van der Waals surface area contributed by atoms with E-state index >= 15 is 0 Å². The van der Waals surface area contributed by atoms with Crippen molar-refractivity contribution in [2.24, 2.45) is 52.1 Å². The predicted octanol–water partition coefficient (Wildman–Crippen LogP) is 3.50. The fraction of sp³-hybridized carbons (Fsp3) is 0.960. The maximum absolute atomic E-state index is 11.7. The van der Waals surface area contributed by atoms with E-state index in [4.69, 9.17) is 10.5 Å². The highest BCUT2D eigenvalue weighted by Gasteiger charge is 2.65. The fourth-order valence-corrected chi connectivity index (χ4v) is 8.84. The van der Waals surface area contributed by atoms with E-state index < -0.39 is 0 Å². The molecule has 11 atom stereocenters. The van der Waals surface area contributed by atoms with Crippen LogP contribution in [0.25, 0.3) is 0 Å². The lowest BCUT2D eigenvalue weighted by Gasteiger charge is -2.63. The number of esters is 1. The topological polar surface area (TPSA) is 92.8 Å². The first-order valence-corrected chi connectivity index (χ1v) is 12.3. The molecule has 30 heavy (non-hydrogen) atoms. The summed E-state index contributed by atoms with van der Waals surface area (Å²) in [5, 5.41) is 22.9. The van der Waals surface area contributed by atoms with E-state index in [1.54, 1.807) is 0 Å². The predicted molar refractivity (Wildman–Crippen MR) is 116 cm³/mol. The first kappa shape index (κ1) is 22.5. The summed E-state index contributed by atoms with van der Waals surface area (Å²) >= 11 is 0. The van der Waals surface area contributed by atoms with E-state index in [0.717, 1.165) is 51.4 Å². The molecule has 0 aromatic heterocycles. The second-order valence-corrected chi connectivity index (χ2v) is 11.7. The van der Waals surface area contributed by atoms with E-state index in [-0.39, 0.29) is 41.0 Å². The van der Waals surface area contributed by atoms with E-state index in [0.29, 0.717) is 36.0 Å². The Morgan fingerprint density at radius 3 is 2.57 bits per heavy atom.